The lowest BCUT2D eigenvalue weighted by Gasteiger charge is -2.01. The van der Waals surface area contributed by atoms with Crippen molar-refractivity contribution in [3.05, 3.63) is 39.4 Å². The van der Waals surface area contributed by atoms with Crippen LogP contribution in [0, 0.1) is 13.8 Å². The monoisotopic (exact) mass is 330 g/mol. The van der Waals surface area contributed by atoms with Crippen molar-refractivity contribution < 1.29 is 14.7 Å². The summed E-state index contributed by atoms with van der Waals surface area (Å²) in [5.74, 6) is -0.758. The Morgan fingerprint density at radius 1 is 1.04 bits per heavy atom. The fourth-order valence-corrected chi connectivity index (χ4v) is 2.90. The van der Waals surface area contributed by atoms with E-state index in [0.717, 1.165) is 48.2 Å². The van der Waals surface area contributed by atoms with E-state index < -0.39 is 5.97 Å². The molecule has 1 aliphatic heterocycles. The van der Waals surface area contributed by atoms with Gasteiger partial charge < -0.3 is 15.4 Å². The van der Waals surface area contributed by atoms with E-state index in [1.807, 2.05) is 19.9 Å². The van der Waals surface area contributed by atoms with E-state index in [2.05, 4.69) is 24.1 Å². The second kappa shape index (κ2) is 7.51. The van der Waals surface area contributed by atoms with Crippen LogP contribution >= 0.6 is 0 Å². The van der Waals surface area contributed by atoms with Crippen LogP contribution < -0.4 is 5.32 Å². The highest BCUT2D eigenvalue weighted by molar-refractivity contribution is 6.00. The summed E-state index contributed by atoms with van der Waals surface area (Å²) in [5, 5.41) is 11.6. The van der Waals surface area contributed by atoms with Crippen LogP contribution in [0.3, 0.4) is 0 Å². The van der Waals surface area contributed by atoms with Gasteiger partial charge in [-0.05, 0) is 69.7 Å². The van der Waals surface area contributed by atoms with Gasteiger partial charge in [0.2, 0.25) is 0 Å². The Morgan fingerprint density at radius 2 is 1.75 bits per heavy atom. The first-order valence-corrected chi connectivity index (χ1v) is 8.42. The number of aryl methyl sites for hydroxylation is 1. The molecule has 1 amide bonds. The largest absolute Gasteiger partial charge is 0.481 e. The number of nitrogens with one attached hydrogen (secondary N) is 2. The van der Waals surface area contributed by atoms with Gasteiger partial charge >= 0.3 is 5.97 Å². The quantitative estimate of drug-likeness (QED) is 0.668. The SMILES string of the molecule is CC1=C(C)/C(=C/c2[nH]c(CCCCCC(=O)O)c(C)c2C)NC1=O. The molecule has 0 spiro atoms. The van der Waals surface area contributed by atoms with Gasteiger partial charge in [0, 0.05) is 29.1 Å². The Balaban J connectivity index is 2.06. The molecular formula is C19H26N2O3. The molecule has 2 heterocycles. The second-order valence-corrected chi connectivity index (χ2v) is 6.48. The van der Waals surface area contributed by atoms with Crippen molar-refractivity contribution in [2.75, 3.05) is 0 Å². The minimum Gasteiger partial charge on any atom is -0.481 e. The van der Waals surface area contributed by atoms with Crippen LogP contribution in [0.25, 0.3) is 6.08 Å². The van der Waals surface area contributed by atoms with Crippen LogP contribution in [0.1, 0.15) is 62.0 Å². The van der Waals surface area contributed by atoms with Crippen molar-refractivity contribution in [2.45, 2.75) is 59.8 Å². The summed E-state index contributed by atoms with van der Waals surface area (Å²) in [6.07, 6.45) is 5.76. The molecule has 0 saturated heterocycles. The summed E-state index contributed by atoms with van der Waals surface area (Å²) in [7, 11) is 0. The van der Waals surface area contributed by atoms with Crippen molar-refractivity contribution in [2.24, 2.45) is 0 Å². The molecule has 0 atom stereocenters. The van der Waals surface area contributed by atoms with Crippen LogP contribution in [-0.2, 0) is 16.0 Å². The smallest absolute Gasteiger partial charge is 0.303 e. The third-order valence-corrected chi connectivity index (χ3v) is 4.87. The summed E-state index contributed by atoms with van der Waals surface area (Å²) in [4.78, 5) is 25.7. The molecule has 0 fully saturated rings. The minimum absolute atomic E-state index is 0.0293. The third kappa shape index (κ3) is 3.96. The molecule has 0 aliphatic carbocycles. The molecule has 130 valence electrons. The molecule has 2 rings (SSSR count). The van der Waals surface area contributed by atoms with Gasteiger partial charge in [0.05, 0.1) is 0 Å². The number of aliphatic carboxylic acids is 1. The Bertz CT molecular complexity index is 723. The van der Waals surface area contributed by atoms with Crippen LogP contribution in [0.5, 0.6) is 0 Å². The van der Waals surface area contributed by atoms with Crippen molar-refractivity contribution in [3.8, 4) is 0 Å². The lowest BCUT2D eigenvalue weighted by atomic mass is 10.1. The third-order valence-electron chi connectivity index (χ3n) is 4.87. The van der Waals surface area contributed by atoms with Gasteiger partial charge in [-0.2, -0.15) is 0 Å². The standard InChI is InChI=1S/C19H26N2O3/c1-11-12(2)16(10-17-13(3)14(4)19(24)21-17)20-15(11)8-6-5-7-9-18(22)23/h10,20H,5-9H2,1-4H3,(H,21,24)(H,22,23)/b17-10-. The zero-order valence-electron chi connectivity index (χ0n) is 14.9. The maximum atomic E-state index is 11.7. The van der Waals surface area contributed by atoms with Crippen molar-refractivity contribution in [3.63, 3.8) is 0 Å². The fourth-order valence-electron chi connectivity index (χ4n) is 2.90. The number of allylic oxidation sites excluding steroid dienone is 1. The summed E-state index contributed by atoms with van der Waals surface area (Å²) in [5.41, 5.74) is 7.25. The Hall–Kier alpha value is -2.30. The minimum atomic E-state index is -0.729. The van der Waals surface area contributed by atoms with Gasteiger partial charge in [-0.15, -0.1) is 0 Å². The number of carbonyl (C=O) groups excluding carboxylic acids is 1. The highest BCUT2D eigenvalue weighted by atomic mass is 16.4. The Labute approximate surface area is 142 Å². The summed E-state index contributed by atoms with van der Waals surface area (Å²) < 4.78 is 0. The lowest BCUT2D eigenvalue weighted by Crippen LogP contribution is -2.15. The Kier molecular flexibility index (Phi) is 5.65. The molecule has 0 aromatic carbocycles. The van der Waals surface area contributed by atoms with Gasteiger partial charge in [0.25, 0.3) is 5.91 Å². The molecule has 1 aromatic heterocycles. The van der Waals surface area contributed by atoms with Gasteiger partial charge in [0.1, 0.15) is 0 Å². The van der Waals surface area contributed by atoms with Crippen LogP contribution in [-0.4, -0.2) is 22.0 Å². The van der Waals surface area contributed by atoms with E-state index in [1.165, 1.54) is 16.8 Å². The highest BCUT2D eigenvalue weighted by Crippen LogP contribution is 2.25. The zero-order chi connectivity index (χ0) is 17.9. The number of aromatic nitrogens is 1. The topological polar surface area (TPSA) is 82.2 Å². The van der Waals surface area contributed by atoms with E-state index >= 15 is 0 Å². The predicted molar refractivity (Wildman–Crippen MR) is 94.6 cm³/mol. The molecule has 0 bridgehead atoms. The maximum Gasteiger partial charge on any atom is 0.303 e. The van der Waals surface area contributed by atoms with Crippen molar-refractivity contribution in [1.29, 1.82) is 0 Å². The van der Waals surface area contributed by atoms with Crippen LogP contribution in [0.15, 0.2) is 16.8 Å². The summed E-state index contributed by atoms with van der Waals surface area (Å²) >= 11 is 0. The number of carbonyl (C=O) groups is 2. The van der Waals surface area contributed by atoms with Gasteiger partial charge in [-0.1, -0.05) is 6.42 Å². The molecule has 1 aromatic rings. The van der Waals surface area contributed by atoms with Crippen molar-refractivity contribution >= 4 is 18.0 Å². The first-order chi connectivity index (χ1) is 11.3. The van der Waals surface area contributed by atoms with E-state index in [1.54, 1.807) is 0 Å². The average Bonchev–Trinajstić information content (AvgIpc) is 2.92. The molecule has 1 aliphatic rings. The highest BCUT2D eigenvalue weighted by Gasteiger charge is 2.21. The van der Waals surface area contributed by atoms with Crippen LogP contribution in [0.4, 0.5) is 0 Å². The van der Waals surface area contributed by atoms with Crippen LogP contribution in [0.2, 0.25) is 0 Å². The molecule has 5 nitrogen and oxygen atoms in total. The second-order valence-electron chi connectivity index (χ2n) is 6.48. The van der Waals surface area contributed by atoms with E-state index in [9.17, 15) is 9.59 Å². The van der Waals surface area contributed by atoms with E-state index in [-0.39, 0.29) is 12.3 Å². The number of amides is 1. The Morgan fingerprint density at radius 3 is 2.33 bits per heavy atom. The number of carboxylic acids is 1. The number of hydrogen-bond donors (Lipinski definition) is 3. The first kappa shape index (κ1) is 18.0. The summed E-state index contributed by atoms with van der Waals surface area (Å²) in [6.45, 7) is 7.96. The van der Waals surface area contributed by atoms with Gasteiger partial charge in [-0.25, -0.2) is 0 Å². The number of hydrogen-bond acceptors (Lipinski definition) is 2. The number of aromatic amines is 1. The van der Waals surface area contributed by atoms with Gasteiger partial charge in [0.15, 0.2) is 0 Å². The number of H-pyrrole nitrogens is 1. The number of rotatable bonds is 7. The number of unbranched alkanes of at least 4 members (excludes halogenated alkanes) is 2. The van der Waals surface area contributed by atoms with E-state index in [0.29, 0.717) is 0 Å². The van der Waals surface area contributed by atoms with Crippen molar-refractivity contribution in [1.82, 2.24) is 10.3 Å². The fraction of sp³-hybridized carbons (Fsp3) is 0.474. The average molecular weight is 330 g/mol. The molecule has 0 unspecified atom stereocenters. The molecule has 0 radical (unpaired) electrons. The molecule has 5 heteroatoms. The zero-order valence-corrected chi connectivity index (χ0v) is 14.9. The maximum absolute atomic E-state index is 11.7. The van der Waals surface area contributed by atoms with E-state index in [4.69, 9.17) is 5.11 Å². The molecule has 24 heavy (non-hydrogen) atoms. The van der Waals surface area contributed by atoms with Gasteiger partial charge in [-0.3, -0.25) is 9.59 Å². The summed E-state index contributed by atoms with van der Waals surface area (Å²) in [6, 6.07) is 0. The molecular weight excluding hydrogens is 304 g/mol. The lowest BCUT2D eigenvalue weighted by molar-refractivity contribution is -0.137. The molecule has 3 N–H and O–H groups in total. The number of carboxylic acid groups (broad SMARTS) is 1. The molecule has 0 saturated carbocycles. The normalized spacial score (nSPS) is 16.2. The predicted octanol–water partition coefficient (Wildman–Crippen LogP) is 3.63. The first-order valence-electron chi connectivity index (χ1n) is 8.42.